The number of aromatic hydroxyl groups is 1. The molecule has 20 heavy (non-hydrogen) atoms. The van der Waals surface area contributed by atoms with Crippen molar-refractivity contribution in [3.63, 3.8) is 0 Å². The van der Waals surface area contributed by atoms with Crippen LogP contribution in [0.3, 0.4) is 0 Å². The highest BCUT2D eigenvalue weighted by atomic mass is 35.5. The summed E-state index contributed by atoms with van der Waals surface area (Å²) in [6.45, 7) is 0.556. The van der Waals surface area contributed by atoms with Crippen LogP contribution in [0, 0.1) is 0 Å². The van der Waals surface area contributed by atoms with Gasteiger partial charge in [-0.2, -0.15) is 0 Å². The Labute approximate surface area is 120 Å². The lowest BCUT2D eigenvalue weighted by Crippen LogP contribution is -2.08. The predicted molar refractivity (Wildman–Crippen MR) is 76.5 cm³/mol. The maximum absolute atomic E-state index is 10.9. The van der Waals surface area contributed by atoms with E-state index in [1.807, 2.05) is 12.1 Å². The third-order valence-corrected chi connectivity index (χ3v) is 3.14. The van der Waals surface area contributed by atoms with Gasteiger partial charge in [0.15, 0.2) is 0 Å². The molecule has 2 rings (SSSR count). The van der Waals surface area contributed by atoms with Crippen molar-refractivity contribution in [1.82, 2.24) is 4.98 Å². The molecule has 0 aliphatic rings. The largest absolute Gasteiger partial charge is 0.508 e. The second kappa shape index (κ2) is 6.25. The number of aromatic carboxylic acids is 1. The molecule has 6 heteroatoms. The van der Waals surface area contributed by atoms with Gasteiger partial charge in [0.2, 0.25) is 0 Å². The molecule has 0 spiro atoms. The Hall–Kier alpha value is -2.27. The molecule has 0 saturated heterocycles. The molecule has 0 radical (unpaired) electrons. The van der Waals surface area contributed by atoms with E-state index in [-0.39, 0.29) is 16.3 Å². The number of halogens is 1. The number of carbonyl (C=O) groups is 1. The minimum Gasteiger partial charge on any atom is -0.508 e. The van der Waals surface area contributed by atoms with Gasteiger partial charge >= 0.3 is 5.97 Å². The van der Waals surface area contributed by atoms with Gasteiger partial charge in [-0.1, -0.05) is 23.7 Å². The van der Waals surface area contributed by atoms with E-state index in [1.165, 1.54) is 12.3 Å². The highest BCUT2D eigenvalue weighted by Gasteiger charge is 2.12. The van der Waals surface area contributed by atoms with E-state index >= 15 is 0 Å². The van der Waals surface area contributed by atoms with Crippen LogP contribution in [0.5, 0.6) is 5.75 Å². The molecular formula is C14H13ClN2O3. The van der Waals surface area contributed by atoms with Crippen molar-refractivity contribution in [3.8, 4) is 5.75 Å². The molecule has 0 amide bonds. The summed E-state index contributed by atoms with van der Waals surface area (Å²) < 4.78 is 0. The highest BCUT2D eigenvalue weighted by molar-refractivity contribution is 6.35. The molecule has 0 aliphatic heterocycles. The minimum atomic E-state index is -1.08. The summed E-state index contributed by atoms with van der Waals surface area (Å²) in [7, 11) is 0. The summed E-state index contributed by atoms with van der Waals surface area (Å²) >= 11 is 5.97. The van der Waals surface area contributed by atoms with E-state index in [1.54, 1.807) is 12.1 Å². The number of phenolic OH excluding ortho intramolecular Hbond substituents is 1. The Morgan fingerprint density at radius 2 is 1.95 bits per heavy atom. The molecule has 0 bridgehead atoms. The van der Waals surface area contributed by atoms with Crippen LogP contribution in [0.2, 0.25) is 5.02 Å². The fourth-order valence-corrected chi connectivity index (χ4v) is 1.98. The lowest BCUT2D eigenvalue weighted by atomic mass is 10.1. The Morgan fingerprint density at radius 3 is 2.60 bits per heavy atom. The molecule has 1 aromatic heterocycles. The summed E-state index contributed by atoms with van der Waals surface area (Å²) in [6, 6.07) is 8.23. The van der Waals surface area contributed by atoms with Crippen LogP contribution in [-0.4, -0.2) is 27.7 Å². The maximum atomic E-state index is 10.9. The average Bonchev–Trinajstić information content (AvgIpc) is 2.42. The summed E-state index contributed by atoms with van der Waals surface area (Å²) in [5.41, 5.74) is 1.06. The monoisotopic (exact) mass is 292 g/mol. The number of nitrogens with zero attached hydrogens (tertiary/aromatic N) is 1. The second-order valence-corrected chi connectivity index (χ2v) is 4.55. The van der Waals surface area contributed by atoms with Crippen molar-refractivity contribution in [1.29, 1.82) is 0 Å². The molecule has 5 nitrogen and oxygen atoms in total. The second-order valence-electron chi connectivity index (χ2n) is 4.17. The molecule has 0 saturated carbocycles. The number of hydrogen-bond donors (Lipinski definition) is 3. The van der Waals surface area contributed by atoms with Crippen LogP contribution in [0.15, 0.2) is 36.5 Å². The van der Waals surface area contributed by atoms with E-state index in [0.29, 0.717) is 18.8 Å². The topological polar surface area (TPSA) is 82.5 Å². The van der Waals surface area contributed by atoms with Crippen LogP contribution in [0.4, 0.5) is 5.82 Å². The third kappa shape index (κ3) is 3.39. The lowest BCUT2D eigenvalue weighted by molar-refractivity contribution is 0.0697. The number of carboxylic acids is 1. The van der Waals surface area contributed by atoms with E-state index < -0.39 is 5.97 Å². The standard InChI is InChI=1S/C14H13ClN2O3/c15-12-11(14(19)20)6-8-17-13(12)16-7-5-9-1-3-10(18)4-2-9/h1-4,6,8,18H,5,7H2,(H,16,17)(H,19,20). The van der Waals surface area contributed by atoms with E-state index in [2.05, 4.69) is 10.3 Å². The molecule has 104 valence electrons. The van der Waals surface area contributed by atoms with E-state index in [0.717, 1.165) is 5.56 Å². The number of rotatable bonds is 5. The first kappa shape index (κ1) is 14.1. The zero-order chi connectivity index (χ0) is 14.5. The normalized spacial score (nSPS) is 10.2. The number of nitrogens with one attached hydrogen (secondary N) is 1. The molecule has 0 fully saturated rings. The predicted octanol–water partition coefficient (Wildman–Crippen LogP) is 2.79. The smallest absolute Gasteiger partial charge is 0.337 e. The number of aromatic nitrogens is 1. The number of anilines is 1. The summed E-state index contributed by atoms with van der Waals surface area (Å²) in [5.74, 6) is -0.509. The van der Waals surface area contributed by atoms with Crippen molar-refractivity contribution in [2.45, 2.75) is 6.42 Å². The molecule has 1 aromatic carbocycles. The molecule has 2 aromatic rings. The van der Waals surface area contributed by atoms with Gasteiger partial charge in [0.25, 0.3) is 0 Å². The first-order valence-corrected chi connectivity index (χ1v) is 6.35. The van der Waals surface area contributed by atoms with Gasteiger partial charge in [0, 0.05) is 12.7 Å². The van der Waals surface area contributed by atoms with Crippen molar-refractivity contribution >= 4 is 23.4 Å². The van der Waals surface area contributed by atoms with Crippen LogP contribution in [-0.2, 0) is 6.42 Å². The van der Waals surface area contributed by atoms with Crippen LogP contribution >= 0.6 is 11.6 Å². The summed E-state index contributed by atoms with van der Waals surface area (Å²) in [5, 5.41) is 21.2. The van der Waals surface area contributed by atoms with Crippen molar-refractivity contribution in [2.24, 2.45) is 0 Å². The Morgan fingerprint density at radius 1 is 1.25 bits per heavy atom. The minimum absolute atomic E-state index is 0.0220. The quantitative estimate of drug-likeness (QED) is 0.789. The van der Waals surface area contributed by atoms with Crippen LogP contribution < -0.4 is 5.32 Å². The Bertz CT molecular complexity index is 614. The SMILES string of the molecule is O=C(O)c1ccnc(NCCc2ccc(O)cc2)c1Cl. The molecule has 1 heterocycles. The van der Waals surface area contributed by atoms with Gasteiger partial charge in [-0.15, -0.1) is 0 Å². The van der Waals surface area contributed by atoms with E-state index in [9.17, 15) is 9.90 Å². The zero-order valence-corrected chi connectivity index (χ0v) is 11.3. The van der Waals surface area contributed by atoms with Gasteiger partial charge in [-0.25, -0.2) is 9.78 Å². The van der Waals surface area contributed by atoms with Crippen LogP contribution in [0.1, 0.15) is 15.9 Å². The Balaban J connectivity index is 1.99. The lowest BCUT2D eigenvalue weighted by Gasteiger charge is -2.09. The molecular weight excluding hydrogens is 280 g/mol. The average molecular weight is 293 g/mol. The number of phenols is 1. The fraction of sp³-hybridized carbons (Fsp3) is 0.143. The Kier molecular flexibility index (Phi) is 4.42. The highest BCUT2D eigenvalue weighted by Crippen LogP contribution is 2.23. The number of pyridine rings is 1. The van der Waals surface area contributed by atoms with Gasteiger partial charge in [0.05, 0.1) is 10.6 Å². The molecule has 3 N–H and O–H groups in total. The summed E-state index contributed by atoms with van der Waals surface area (Å²) in [6.07, 6.45) is 2.10. The zero-order valence-electron chi connectivity index (χ0n) is 10.5. The van der Waals surface area contributed by atoms with Crippen molar-refractivity contribution < 1.29 is 15.0 Å². The number of carboxylic acid groups (broad SMARTS) is 1. The number of benzene rings is 1. The molecule has 0 aliphatic carbocycles. The molecule has 0 unspecified atom stereocenters. The van der Waals surface area contributed by atoms with Crippen LogP contribution in [0.25, 0.3) is 0 Å². The van der Waals surface area contributed by atoms with Crippen molar-refractivity contribution in [2.75, 3.05) is 11.9 Å². The maximum Gasteiger partial charge on any atom is 0.337 e. The first-order valence-electron chi connectivity index (χ1n) is 5.97. The molecule has 0 atom stereocenters. The van der Waals surface area contributed by atoms with E-state index in [4.69, 9.17) is 16.7 Å². The van der Waals surface area contributed by atoms with Gasteiger partial charge < -0.3 is 15.5 Å². The van der Waals surface area contributed by atoms with Gasteiger partial charge in [0.1, 0.15) is 11.6 Å². The number of hydrogen-bond acceptors (Lipinski definition) is 4. The van der Waals surface area contributed by atoms with Crippen molar-refractivity contribution in [3.05, 3.63) is 52.7 Å². The summed E-state index contributed by atoms with van der Waals surface area (Å²) in [4.78, 5) is 15.0. The van der Waals surface area contributed by atoms with Gasteiger partial charge in [-0.05, 0) is 30.2 Å². The fourth-order valence-electron chi connectivity index (χ4n) is 1.72. The third-order valence-electron chi connectivity index (χ3n) is 2.76. The van der Waals surface area contributed by atoms with Gasteiger partial charge in [-0.3, -0.25) is 0 Å². The first-order chi connectivity index (χ1) is 9.58.